The van der Waals surface area contributed by atoms with Crippen LogP contribution in [0.4, 0.5) is 10.5 Å². The molecule has 0 radical (unpaired) electrons. The van der Waals surface area contributed by atoms with Crippen molar-refractivity contribution in [3.05, 3.63) is 29.3 Å². The fraction of sp³-hybridized carbons (Fsp3) is 0.500. The Balaban J connectivity index is 1.61. The topological polar surface area (TPSA) is 70.2 Å². The first-order chi connectivity index (χ1) is 10.6. The van der Waals surface area contributed by atoms with Crippen LogP contribution in [-0.4, -0.2) is 24.5 Å². The molecule has 0 saturated heterocycles. The molecule has 3 amide bonds. The van der Waals surface area contributed by atoms with Gasteiger partial charge in [0, 0.05) is 29.7 Å². The molecule has 5 nitrogen and oxygen atoms in total. The molecule has 0 unspecified atom stereocenters. The van der Waals surface area contributed by atoms with Gasteiger partial charge in [-0.3, -0.25) is 4.79 Å². The van der Waals surface area contributed by atoms with Crippen LogP contribution < -0.4 is 16.0 Å². The molecule has 0 spiro atoms. The fourth-order valence-corrected chi connectivity index (χ4v) is 2.66. The van der Waals surface area contributed by atoms with Crippen LogP contribution in [0.1, 0.15) is 38.5 Å². The summed E-state index contributed by atoms with van der Waals surface area (Å²) in [7, 11) is 0. The van der Waals surface area contributed by atoms with Crippen molar-refractivity contribution in [3.63, 3.8) is 0 Å². The zero-order valence-corrected chi connectivity index (χ0v) is 13.3. The summed E-state index contributed by atoms with van der Waals surface area (Å²) in [6, 6.07) is 7.00. The van der Waals surface area contributed by atoms with E-state index in [1.165, 1.54) is 19.3 Å². The van der Waals surface area contributed by atoms with E-state index >= 15 is 0 Å². The number of nitrogens with one attached hydrogen (secondary N) is 3. The molecule has 1 aromatic carbocycles. The van der Waals surface area contributed by atoms with Crippen LogP contribution in [-0.2, 0) is 4.79 Å². The Labute approximate surface area is 135 Å². The van der Waals surface area contributed by atoms with Crippen LogP contribution in [0.3, 0.4) is 0 Å². The minimum atomic E-state index is -0.189. The first-order valence-electron chi connectivity index (χ1n) is 7.73. The third kappa shape index (κ3) is 5.93. The summed E-state index contributed by atoms with van der Waals surface area (Å²) < 4.78 is 0. The number of amides is 3. The second kappa shape index (κ2) is 8.63. The summed E-state index contributed by atoms with van der Waals surface area (Å²) in [6.45, 7) is 0.317. The van der Waals surface area contributed by atoms with Crippen LogP contribution in [0.2, 0.25) is 5.02 Å². The number of hydrogen-bond acceptors (Lipinski definition) is 2. The van der Waals surface area contributed by atoms with Gasteiger partial charge in [0.2, 0.25) is 5.91 Å². The van der Waals surface area contributed by atoms with Crippen molar-refractivity contribution in [1.29, 1.82) is 0 Å². The third-order valence-electron chi connectivity index (χ3n) is 3.71. The molecule has 1 aliphatic rings. The van der Waals surface area contributed by atoms with Gasteiger partial charge in [-0.15, -0.1) is 0 Å². The SMILES string of the molecule is O=C(CCNC(=O)NC1CCCCC1)Nc1ccc(Cl)cc1. The monoisotopic (exact) mass is 323 g/mol. The number of carbonyl (C=O) groups is 2. The summed E-state index contributed by atoms with van der Waals surface area (Å²) in [4.78, 5) is 23.5. The molecule has 3 N–H and O–H groups in total. The van der Waals surface area contributed by atoms with Crippen molar-refractivity contribution >= 4 is 29.2 Å². The number of carbonyl (C=O) groups excluding carboxylic acids is 2. The second-order valence-corrected chi connectivity index (χ2v) is 5.98. The van der Waals surface area contributed by atoms with Gasteiger partial charge in [-0.2, -0.15) is 0 Å². The normalized spacial score (nSPS) is 15.1. The number of anilines is 1. The van der Waals surface area contributed by atoms with Crippen molar-refractivity contribution in [2.75, 3.05) is 11.9 Å². The highest BCUT2D eigenvalue weighted by atomic mass is 35.5. The largest absolute Gasteiger partial charge is 0.338 e. The Morgan fingerprint density at radius 2 is 1.77 bits per heavy atom. The molecule has 1 aromatic rings. The summed E-state index contributed by atoms with van der Waals surface area (Å²) in [5.41, 5.74) is 0.695. The molecular weight excluding hydrogens is 302 g/mol. The van der Waals surface area contributed by atoms with Crippen LogP contribution in [0.15, 0.2) is 24.3 Å². The summed E-state index contributed by atoms with van der Waals surface area (Å²) in [5.74, 6) is -0.139. The minimum Gasteiger partial charge on any atom is -0.338 e. The number of hydrogen-bond donors (Lipinski definition) is 3. The Bertz CT molecular complexity index is 499. The number of benzene rings is 1. The molecule has 1 saturated carbocycles. The van der Waals surface area contributed by atoms with Gasteiger partial charge in [0.1, 0.15) is 0 Å². The zero-order chi connectivity index (χ0) is 15.8. The predicted molar refractivity (Wildman–Crippen MR) is 88.1 cm³/mol. The van der Waals surface area contributed by atoms with E-state index < -0.39 is 0 Å². The highest BCUT2D eigenvalue weighted by Crippen LogP contribution is 2.17. The third-order valence-corrected chi connectivity index (χ3v) is 3.96. The van der Waals surface area contributed by atoms with E-state index in [-0.39, 0.29) is 24.4 Å². The number of rotatable bonds is 5. The lowest BCUT2D eigenvalue weighted by Crippen LogP contribution is -2.43. The second-order valence-electron chi connectivity index (χ2n) is 5.54. The van der Waals surface area contributed by atoms with Crippen LogP contribution in [0.25, 0.3) is 0 Å². The van der Waals surface area contributed by atoms with Gasteiger partial charge in [-0.1, -0.05) is 30.9 Å². The van der Waals surface area contributed by atoms with Gasteiger partial charge in [0.15, 0.2) is 0 Å². The maximum absolute atomic E-state index is 11.8. The van der Waals surface area contributed by atoms with E-state index in [4.69, 9.17) is 11.6 Å². The standard InChI is InChI=1S/C16H22ClN3O2/c17-12-6-8-14(9-7-12)19-15(21)10-11-18-16(22)20-13-4-2-1-3-5-13/h6-9,13H,1-5,10-11H2,(H,19,21)(H2,18,20,22). The highest BCUT2D eigenvalue weighted by molar-refractivity contribution is 6.30. The molecule has 1 aliphatic carbocycles. The van der Waals surface area contributed by atoms with Gasteiger partial charge in [0.25, 0.3) is 0 Å². The maximum atomic E-state index is 11.8. The van der Waals surface area contributed by atoms with E-state index in [1.807, 2.05) is 0 Å². The maximum Gasteiger partial charge on any atom is 0.315 e. The molecule has 0 heterocycles. The van der Waals surface area contributed by atoms with E-state index in [2.05, 4.69) is 16.0 Å². The highest BCUT2D eigenvalue weighted by Gasteiger charge is 2.15. The Hall–Kier alpha value is -1.75. The molecule has 22 heavy (non-hydrogen) atoms. The van der Waals surface area contributed by atoms with Crippen LogP contribution >= 0.6 is 11.6 Å². The lowest BCUT2D eigenvalue weighted by atomic mass is 9.96. The zero-order valence-electron chi connectivity index (χ0n) is 12.5. The molecule has 0 bridgehead atoms. The quantitative estimate of drug-likeness (QED) is 0.778. The molecule has 2 rings (SSSR count). The van der Waals surface area contributed by atoms with E-state index in [1.54, 1.807) is 24.3 Å². The summed E-state index contributed by atoms with van der Waals surface area (Å²) in [5, 5.41) is 9.05. The first-order valence-corrected chi connectivity index (χ1v) is 8.11. The molecule has 1 fully saturated rings. The van der Waals surface area contributed by atoms with Crippen LogP contribution in [0, 0.1) is 0 Å². The van der Waals surface area contributed by atoms with Crippen molar-refractivity contribution in [3.8, 4) is 0 Å². The molecule has 0 atom stereocenters. The van der Waals surface area contributed by atoms with Gasteiger partial charge < -0.3 is 16.0 Å². The van der Waals surface area contributed by atoms with Crippen molar-refractivity contribution in [2.24, 2.45) is 0 Å². The smallest absolute Gasteiger partial charge is 0.315 e. The van der Waals surface area contributed by atoms with Crippen LogP contribution in [0.5, 0.6) is 0 Å². The number of urea groups is 1. The molecular formula is C16H22ClN3O2. The lowest BCUT2D eigenvalue weighted by Gasteiger charge is -2.22. The van der Waals surface area contributed by atoms with Crippen molar-refractivity contribution in [1.82, 2.24) is 10.6 Å². The Morgan fingerprint density at radius 1 is 1.09 bits per heavy atom. The van der Waals surface area contributed by atoms with Gasteiger partial charge in [-0.25, -0.2) is 4.79 Å². The molecule has 6 heteroatoms. The van der Waals surface area contributed by atoms with E-state index in [0.717, 1.165) is 12.8 Å². The van der Waals surface area contributed by atoms with Gasteiger partial charge in [-0.05, 0) is 37.1 Å². The van der Waals surface area contributed by atoms with Crippen molar-refractivity contribution in [2.45, 2.75) is 44.6 Å². The fourth-order valence-electron chi connectivity index (χ4n) is 2.53. The summed E-state index contributed by atoms with van der Waals surface area (Å²) in [6.07, 6.45) is 5.93. The average molecular weight is 324 g/mol. The average Bonchev–Trinajstić information content (AvgIpc) is 2.50. The Morgan fingerprint density at radius 3 is 2.45 bits per heavy atom. The van der Waals surface area contributed by atoms with E-state index in [0.29, 0.717) is 17.3 Å². The Kier molecular flexibility index (Phi) is 6.52. The van der Waals surface area contributed by atoms with Gasteiger partial charge in [0.05, 0.1) is 0 Å². The summed E-state index contributed by atoms with van der Waals surface area (Å²) >= 11 is 5.78. The van der Waals surface area contributed by atoms with E-state index in [9.17, 15) is 9.59 Å². The van der Waals surface area contributed by atoms with Crippen molar-refractivity contribution < 1.29 is 9.59 Å². The van der Waals surface area contributed by atoms with Gasteiger partial charge >= 0.3 is 6.03 Å². The molecule has 0 aromatic heterocycles. The first kappa shape index (κ1) is 16.6. The lowest BCUT2D eigenvalue weighted by molar-refractivity contribution is -0.116. The number of halogens is 1. The molecule has 0 aliphatic heterocycles. The predicted octanol–water partition coefficient (Wildman–Crippen LogP) is 3.30. The minimum absolute atomic E-state index is 0.139. The molecule has 120 valence electrons.